The van der Waals surface area contributed by atoms with Crippen LogP contribution in [0.2, 0.25) is 0 Å². The Morgan fingerprint density at radius 3 is 2.41 bits per heavy atom. The second-order valence-electron chi connectivity index (χ2n) is 4.09. The fraction of sp³-hybridized carbons (Fsp3) is 0.571. The van der Waals surface area contributed by atoms with E-state index in [1.165, 1.54) is 23.3 Å². The molecular weight excluding hydrogens is 228 g/mol. The monoisotopic (exact) mass is 252 g/mol. The third-order valence-electron chi connectivity index (χ3n) is 2.86. The van der Waals surface area contributed by atoms with Gasteiger partial charge in [-0.3, -0.25) is 0 Å². The number of hydrogen-bond acceptors (Lipinski definition) is 3. The summed E-state index contributed by atoms with van der Waals surface area (Å²) in [5.74, 6) is 1.14. The first-order valence-electron chi connectivity index (χ1n) is 6.36. The number of hydrogen-bond donors (Lipinski definition) is 2. The minimum absolute atomic E-state index is 0.476. The zero-order valence-corrected chi connectivity index (χ0v) is 11.9. The van der Waals surface area contributed by atoms with Crippen molar-refractivity contribution in [1.29, 1.82) is 0 Å². The van der Waals surface area contributed by atoms with Crippen molar-refractivity contribution in [3.63, 3.8) is 0 Å². The molecule has 1 rings (SSSR count). The van der Waals surface area contributed by atoms with E-state index in [2.05, 4.69) is 41.8 Å². The van der Waals surface area contributed by atoms with E-state index in [-0.39, 0.29) is 0 Å². The molecule has 2 nitrogen and oxygen atoms in total. The molecule has 0 saturated carbocycles. The van der Waals surface area contributed by atoms with Crippen molar-refractivity contribution in [2.75, 3.05) is 26.4 Å². The molecule has 0 saturated heterocycles. The average molecular weight is 252 g/mol. The fourth-order valence-electron chi connectivity index (χ4n) is 1.92. The zero-order chi connectivity index (χ0) is 12.5. The molecule has 0 bridgehead atoms. The highest BCUT2D eigenvalue weighted by atomic mass is 32.2. The second kappa shape index (κ2) is 8.56. The predicted octanol–water partition coefficient (Wildman–Crippen LogP) is 3.06. The first kappa shape index (κ1) is 14.6. The van der Waals surface area contributed by atoms with Gasteiger partial charge >= 0.3 is 0 Å². The van der Waals surface area contributed by atoms with Crippen molar-refractivity contribution in [1.82, 2.24) is 10.6 Å². The maximum atomic E-state index is 3.39. The van der Waals surface area contributed by atoms with Crippen molar-refractivity contribution >= 4 is 11.8 Å². The predicted molar refractivity (Wildman–Crippen MR) is 77.8 cm³/mol. The van der Waals surface area contributed by atoms with Crippen LogP contribution >= 0.6 is 11.8 Å². The van der Waals surface area contributed by atoms with E-state index in [1.807, 2.05) is 25.9 Å². The Hall–Kier alpha value is -0.510. The van der Waals surface area contributed by atoms with Gasteiger partial charge in [0, 0.05) is 10.9 Å². The van der Waals surface area contributed by atoms with Crippen molar-refractivity contribution in [3.05, 3.63) is 29.8 Å². The van der Waals surface area contributed by atoms with Crippen LogP contribution in [0.25, 0.3) is 0 Å². The normalized spacial score (nSPS) is 12.6. The first-order valence-corrected chi connectivity index (χ1v) is 7.35. The lowest BCUT2D eigenvalue weighted by Gasteiger charge is -2.16. The van der Waals surface area contributed by atoms with Gasteiger partial charge in [-0.05, 0) is 56.9 Å². The molecule has 0 aromatic heterocycles. The van der Waals surface area contributed by atoms with Crippen LogP contribution in [-0.4, -0.2) is 26.4 Å². The Balaban J connectivity index is 2.55. The van der Waals surface area contributed by atoms with Gasteiger partial charge in [0.1, 0.15) is 0 Å². The van der Waals surface area contributed by atoms with Crippen molar-refractivity contribution in [2.24, 2.45) is 0 Å². The molecule has 0 spiro atoms. The van der Waals surface area contributed by atoms with Crippen LogP contribution in [0.15, 0.2) is 29.2 Å². The number of benzene rings is 1. The molecule has 1 unspecified atom stereocenters. The third-order valence-corrected chi connectivity index (χ3v) is 3.76. The topological polar surface area (TPSA) is 24.1 Å². The molecule has 0 aliphatic heterocycles. The van der Waals surface area contributed by atoms with Gasteiger partial charge in [0.25, 0.3) is 0 Å². The highest BCUT2D eigenvalue weighted by Gasteiger charge is 2.08. The molecule has 17 heavy (non-hydrogen) atoms. The van der Waals surface area contributed by atoms with E-state index >= 15 is 0 Å². The van der Waals surface area contributed by atoms with Crippen LogP contribution in [0, 0.1) is 0 Å². The summed E-state index contributed by atoms with van der Waals surface area (Å²) in [4.78, 5) is 1.36. The Labute approximate surface area is 110 Å². The molecular formula is C14H24N2S. The highest BCUT2D eigenvalue weighted by molar-refractivity contribution is 7.99. The SMILES string of the molecule is CCSc1ccc(C(CCCNC)NC)cc1. The minimum Gasteiger partial charge on any atom is -0.320 e. The summed E-state index contributed by atoms with van der Waals surface area (Å²) in [6.07, 6.45) is 2.38. The van der Waals surface area contributed by atoms with E-state index in [0.29, 0.717) is 6.04 Å². The zero-order valence-electron chi connectivity index (χ0n) is 11.1. The largest absolute Gasteiger partial charge is 0.320 e. The number of nitrogens with one attached hydrogen (secondary N) is 2. The number of rotatable bonds is 8. The standard InChI is InChI=1S/C14H24N2S/c1-4-17-13-9-7-12(8-10-13)14(16-3)6-5-11-15-2/h7-10,14-16H,4-6,11H2,1-3H3. The lowest BCUT2D eigenvalue weighted by molar-refractivity contribution is 0.518. The molecule has 0 heterocycles. The molecule has 0 fully saturated rings. The molecule has 0 amide bonds. The lowest BCUT2D eigenvalue weighted by Crippen LogP contribution is -2.18. The van der Waals surface area contributed by atoms with Gasteiger partial charge in [0.15, 0.2) is 0 Å². The van der Waals surface area contributed by atoms with Crippen molar-refractivity contribution in [3.8, 4) is 0 Å². The summed E-state index contributed by atoms with van der Waals surface area (Å²) in [6, 6.07) is 9.43. The highest BCUT2D eigenvalue weighted by Crippen LogP contribution is 2.22. The number of thioether (sulfide) groups is 1. The van der Waals surface area contributed by atoms with Gasteiger partial charge in [-0.15, -0.1) is 11.8 Å². The summed E-state index contributed by atoms with van der Waals surface area (Å²) >= 11 is 1.89. The Kier molecular flexibility index (Phi) is 7.33. The molecule has 96 valence electrons. The summed E-state index contributed by atoms with van der Waals surface area (Å²) in [5.41, 5.74) is 1.39. The average Bonchev–Trinajstić information content (AvgIpc) is 2.36. The van der Waals surface area contributed by atoms with E-state index < -0.39 is 0 Å². The first-order chi connectivity index (χ1) is 8.31. The maximum Gasteiger partial charge on any atom is 0.0318 e. The van der Waals surface area contributed by atoms with Crippen LogP contribution < -0.4 is 10.6 Å². The summed E-state index contributed by atoms with van der Waals surface area (Å²) < 4.78 is 0. The Morgan fingerprint density at radius 1 is 1.18 bits per heavy atom. The van der Waals surface area contributed by atoms with Gasteiger partial charge < -0.3 is 10.6 Å². The van der Waals surface area contributed by atoms with Crippen LogP contribution in [0.4, 0.5) is 0 Å². The quantitative estimate of drug-likeness (QED) is 0.549. The van der Waals surface area contributed by atoms with Crippen molar-refractivity contribution < 1.29 is 0 Å². The van der Waals surface area contributed by atoms with E-state index in [9.17, 15) is 0 Å². The third kappa shape index (κ3) is 5.11. The second-order valence-corrected chi connectivity index (χ2v) is 5.43. The molecule has 2 N–H and O–H groups in total. The van der Waals surface area contributed by atoms with Gasteiger partial charge in [0.05, 0.1) is 0 Å². The minimum atomic E-state index is 0.476. The Bertz CT molecular complexity index is 298. The van der Waals surface area contributed by atoms with Gasteiger partial charge in [-0.2, -0.15) is 0 Å². The molecule has 0 aliphatic carbocycles. The van der Waals surface area contributed by atoms with Crippen LogP contribution in [0.5, 0.6) is 0 Å². The molecule has 0 aliphatic rings. The van der Waals surface area contributed by atoms with Crippen LogP contribution in [0.1, 0.15) is 31.4 Å². The molecule has 3 heteroatoms. The van der Waals surface area contributed by atoms with Gasteiger partial charge in [-0.25, -0.2) is 0 Å². The fourth-order valence-corrected chi connectivity index (χ4v) is 2.59. The Morgan fingerprint density at radius 2 is 1.88 bits per heavy atom. The molecule has 0 radical (unpaired) electrons. The summed E-state index contributed by atoms with van der Waals surface area (Å²) in [6.45, 7) is 3.27. The van der Waals surface area contributed by atoms with E-state index in [4.69, 9.17) is 0 Å². The van der Waals surface area contributed by atoms with Crippen LogP contribution in [-0.2, 0) is 0 Å². The summed E-state index contributed by atoms with van der Waals surface area (Å²) in [5, 5.41) is 6.59. The molecule has 1 aromatic carbocycles. The summed E-state index contributed by atoms with van der Waals surface area (Å²) in [7, 11) is 4.05. The molecule has 1 atom stereocenters. The van der Waals surface area contributed by atoms with E-state index in [1.54, 1.807) is 0 Å². The van der Waals surface area contributed by atoms with E-state index in [0.717, 1.165) is 12.3 Å². The van der Waals surface area contributed by atoms with Crippen molar-refractivity contribution in [2.45, 2.75) is 30.7 Å². The lowest BCUT2D eigenvalue weighted by atomic mass is 10.0. The molecule has 1 aromatic rings. The smallest absolute Gasteiger partial charge is 0.0318 e. The van der Waals surface area contributed by atoms with Crippen LogP contribution in [0.3, 0.4) is 0 Å². The maximum absolute atomic E-state index is 3.39. The van der Waals surface area contributed by atoms with Gasteiger partial charge in [-0.1, -0.05) is 19.1 Å². The van der Waals surface area contributed by atoms with Gasteiger partial charge in [0.2, 0.25) is 0 Å².